The number of ether oxygens (including phenoxy) is 3. The number of nitrogens with zero attached hydrogens (tertiary/aromatic N) is 5. The summed E-state index contributed by atoms with van der Waals surface area (Å²) in [6.45, 7) is 4.27. The van der Waals surface area contributed by atoms with Crippen LogP contribution in [0.15, 0.2) is 24.5 Å². The Hall–Kier alpha value is -3.67. The molecule has 1 saturated heterocycles. The van der Waals surface area contributed by atoms with Gasteiger partial charge in [0.2, 0.25) is 18.4 Å². The summed E-state index contributed by atoms with van der Waals surface area (Å²) in [5, 5.41) is 15.0. The number of carbonyl (C=O) groups excluding carboxylic acids is 1. The van der Waals surface area contributed by atoms with Crippen molar-refractivity contribution < 1.29 is 23.9 Å². The fraction of sp³-hybridized carbons (Fsp3) is 0.522. The van der Waals surface area contributed by atoms with E-state index in [-0.39, 0.29) is 24.3 Å². The number of fused-ring (bicyclic) bond motifs is 1. The molecule has 3 heterocycles. The average molecular weight is 487 g/mol. The molecule has 2 aromatic rings. The highest BCUT2D eigenvalue weighted by molar-refractivity contribution is 5.70. The van der Waals surface area contributed by atoms with Crippen molar-refractivity contribution in [2.75, 3.05) is 56.8 Å². The number of anilines is 2. The Labute approximate surface area is 203 Å². The molecule has 188 valence electrons. The van der Waals surface area contributed by atoms with Gasteiger partial charge in [0.05, 0.1) is 12.0 Å². The van der Waals surface area contributed by atoms with E-state index in [0.29, 0.717) is 38.3 Å². The Morgan fingerprint density at radius 1 is 1.14 bits per heavy atom. The van der Waals surface area contributed by atoms with Gasteiger partial charge in [-0.25, -0.2) is 9.97 Å². The molecule has 1 fully saturated rings. The van der Waals surface area contributed by atoms with Gasteiger partial charge in [-0.2, -0.15) is 0 Å². The lowest BCUT2D eigenvalue weighted by molar-refractivity contribution is -0.383. The Morgan fingerprint density at radius 2 is 1.94 bits per heavy atom. The number of aromatic nitrogens is 2. The van der Waals surface area contributed by atoms with Crippen molar-refractivity contribution in [1.82, 2.24) is 14.9 Å². The Morgan fingerprint density at radius 3 is 2.71 bits per heavy atom. The quantitative estimate of drug-likeness (QED) is 0.217. The highest BCUT2D eigenvalue weighted by Crippen LogP contribution is 2.34. The van der Waals surface area contributed by atoms with E-state index in [4.69, 9.17) is 9.47 Å². The molecule has 4 rings (SSSR count). The van der Waals surface area contributed by atoms with Gasteiger partial charge < -0.3 is 24.4 Å². The van der Waals surface area contributed by atoms with Crippen molar-refractivity contribution in [3.8, 4) is 11.5 Å². The largest absolute Gasteiger partial charge is 0.469 e. The number of nitro groups is 1. The van der Waals surface area contributed by atoms with Crippen LogP contribution in [0.25, 0.3) is 0 Å². The number of piperazine rings is 1. The molecule has 0 bridgehead atoms. The van der Waals surface area contributed by atoms with E-state index in [2.05, 4.69) is 24.9 Å². The second-order valence-electron chi connectivity index (χ2n) is 8.42. The summed E-state index contributed by atoms with van der Waals surface area (Å²) in [5.74, 6) is 1.85. The van der Waals surface area contributed by atoms with Gasteiger partial charge in [-0.1, -0.05) is 12.5 Å². The van der Waals surface area contributed by atoms with Gasteiger partial charge in [-0.15, -0.1) is 0 Å². The molecule has 0 aliphatic carbocycles. The molecule has 0 unspecified atom stereocenters. The third kappa shape index (κ3) is 6.27. The van der Waals surface area contributed by atoms with Crippen molar-refractivity contribution >= 4 is 23.3 Å². The number of nitrogens with one attached hydrogen (secondary N) is 1. The first-order chi connectivity index (χ1) is 17.0. The summed E-state index contributed by atoms with van der Waals surface area (Å²) in [6.07, 6.45) is 4.00. The third-order valence-corrected chi connectivity index (χ3v) is 6.08. The van der Waals surface area contributed by atoms with Crippen molar-refractivity contribution in [3.05, 3.63) is 40.2 Å². The Balaban J connectivity index is 1.31. The van der Waals surface area contributed by atoms with E-state index >= 15 is 0 Å². The first-order valence-electron chi connectivity index (χ1n) is 11.7. The SMILES string of the molecule is COC(=O)CCCCCNc1ncnc(N2CCN(Cc3ccc4c(c3)OCO4)CC2)c1[N+](=O)[O-]. The standard InChI is InChI=1S/C23H30N6O6/c1-33-20(30)5-3-2-4-8-24-22-21(29(31)32)23(26-15-25-22)28-11-9-27(10-12-28)14-17-6-7-18-19(13-17)35-16-34-18/h6-7,13,15H,2-5,8-12,14,16H2,1H3,(H,24,25,26). The molecule has 0 amide bonds. The lowest BCUT2D eigenvalue weighted by Crippen LogP contribution is -2.46. The molecular weight excluding hydrogens is 456 g/mol. The van der Waals surface area contributed by atoms with Gasteiger partial charge in [0.25, 0.3) is 0 Å². The maximum Gasteiger partial charge on any atom is 0.353 e. The molecule has 0 saturated carbocycles. The average Bonchev–Trinajstić information content (AvgIpc) is 3.34. The molecule has 2 aliphatic heterocycles. The Bertz CT molecular complexity index is 1040. The molecule has 12 heteroatoms. The molecule has 12 nitrogen and oxygen atoms in total. The predicted octanol–water partition coefficient (Wildman–Crippen LogP) is 2.58. The highest BCUT2D eigenvalue weighted by Gasteiger charge is 2.29. The van der Waals surface area contributed by atoms with Crippen LogP contribution in [0.4, 0.5) is 17.3 Å². The minimum Gasteiger partial charge on any atom is -0.469 e. The predicted molar refractivity (Wildman–Crippen MR) is 128 cm³/mol. The first-order valence-corrected chi connectivity index (χ1v) is 11.7. The molecule has 1 N–H and O–H groups in total. The minimum atomic E-state index is -0.423. The van der Waals surface area contributed by atoms with Crippen LogP contribution < -0.4 is 19.7 Å². The van der Waals surface area contributed by atoms with Crippen LogP contribution in [0.3, 0.4) is 0 Å². The molecule has 0 spiro atoms. The van der Waals surface area contributed by atoms with Crippen molar-refractivity contribution in [1.29, 1.82) is 0 Å². The summed E-state index contributed by atoms with van der Waals surface area (Å²) >= 11 is 0. The number of unbranched alkanes of at least 4 members (excludes halogenated alkanes) is 2. The van der Waals surface area contributed by atoms with Gasteiger partial charge >= 0.3 is 11.7 Å². The number of benzene rings is 1. The van der Waals surface area contributed by atoms with E-state index in [0.717, 1.165) is 49.5 Å². The van der Waals surface area contributed by atoms with Crippen LogP contribution in [0.2, 0.25) is 0 Å². The molecule has 1 aromatic carbocycles. The second-order valence-corrected chi connectivity index (χ2v) is 8.42. The number of methoxy groups -OCH3 is 1. The van der Waals surface area contributed by atoms with E-state index < -0.39 is 4.92 Å². The normalized spacial score (nSPS) is 15.2. The fourth-order valence-electron chi connectivity index (χ4n) is 4.19. The summed E-state index contributed by atoms with van der Waals surface area (Å²) in [6, 6.07) is 5.95. The molecule has 1 aromatic heterocycles. The molecule has 35 heavy (non-hydrogen) atoms. The zero-order valence-electron chi connectivity index (χ0n) is 19.8. The molecule has 0 atom stereocenters. The van der Waals surface area contributed by atoms with Crippen molar-refractivity contribution in [3.63, 3.8) is 0 Å². The lowest BCUT2D eigenvalue weighted by Gasteiger charge is -2.35. The van der Waals surface area contributed by atoms with E-state index in [1.807, 2.05) is 23.1 Å². The molecular formula is C23H30N6O6. The maximum atomic E-state index is 11.9. The van der Waals surface area contributed by atoms with Crippen LogP contribution in [0.1, 0.15) is 31.2 Å². The zero-order valence-corrected chi connectivity index (χ0v) is 19.8. The van der Waals surface area contributed by atoms with Crippen molar-refractivity contribution in [2.24, 2.45) is 0 Å². The number of hydrogen-bond donors (Lipinski definition) is 1. The van der Waals surface area contributed by atoms with E-state index in [9.17, 15) is 14.9 Å². The molecule has 2 aliphatic rings. The topological polar surface area (TPSA) is 132 Å². The van der Waals surface area contributed by atoms with E-state index in [1.54, 1.807) is 0 Å². The fourth-order valence-corrected chi connectivity index (χ4v) is 4.19. The Kier molecular flexibility index (Phi) is 8.14. The summed E-state index contributed by atoms with van der Waals surface area (Å²) in [7, 11) is 1.37. The second kappa shape index (κ2) is 11.6. The van der Waals surface area contributed by atoms with Crippen molar-refractivity contribution in [2.45, 2.75) is 32.2 Å². The first kappa shape index (κ1) is 24.5. The van der Waals surface area contributed by atoms with Gasteiger partial charge in [-0.3, -0.25) is 19.8 Å². The zero-order chi connectivity index (χ0) is 24.6. The van der Waals surface area contributed by atoms with Crippen LogP contribution >= 0.6 is 0 Å². The van der Waals surface area contributed by atoms with Gasteiger partial charge in [-0.05, 0) is 30.5 Å². The lowest BCUT2D eigenvalue weighted by atomic mass is 10.1. The van der Waals surface area contributed by atoms with Gasteiger partial charge in [0.15, 0.2) is 11.5 Å². The number of carbonyl (C=O) groups is 1. The monoisotopic (exact) mass is 486 g/mol. The van der Waals surface area contributed by atoms with Gasteiger partial charge in [0, 0.05) is 45.7 Å². The van der Waals surface area contributed by atoms with Crippen LogP contribution in [0.5, 0.6) is 11.5 Å². The van der Waals surface area contributed by atoms with Gasteiger partial charge in [0.1, 0.15) is 6.33 Å². The summed E-state index contributed by atoms with van der Waals surface area (Å²) in [4.78, 5) is 35.3. The number of esters is 1. The van der Waals surface area contributed by atoms with Crippen LogP contribution in [-0.2, 0) is 16.1 Å². The summed E-state index contributed by atoms with van der Waals surface area (Å²) < 4.78 is 15.5. The van der Waals surface area contributed by atoms with E-state index in [1.165, 1.54) is 13.4 Å². The number of hydrogen-bond acceptors (Lipinski definition) is 11. The maximum absolute atomic E-state index is 11.9. The minimum absolute atomic E-state index is 0.105. The van der Waals surface area contributed by atoms with Crippen LogP contribution in [0, 0.1) is 10.1 Å². The highest BCUT2D eigenvalue weighted by atomic mass is 16.7. The third-order valence-electron chi connectivity index (χ3n) is 6.08. The van der Waals surface area contributed by atoms with Crippen LogP contribution in [-0.4, -0.2) is 72.4 Å². The molecule has 0 radical (unpaired) electrons. The smallest absolute Gasteiger partial charge is 0.353 e. The number of rotatable bonds is 11. The summed E-state index contributed by atoms with van der Waals surface area (Å²) in [5.41, 5.74) is 1.03.